The van der Waals surface area contributed by atoms with Gasteiger partial charge in [-0.3, -0.25) is 0 Å². The zero-order chi connectivity index (χ0) is 8.97. The Hall–Kier alpha value is 0.0900. The Morgan fingerprint density at radius 3 is 2.58 bits per heavy atom. The molecule has 0 heterocycles. The van der Waals surface area contributed by atoms with Crippen LogP contribution in [-0.4, -0.2) is 5.88 Å². The van der Waals surface area contributed by atoms with Crippen LogP contribution in [0, 0.1) is 0 Å². The lowest BCUT2D eigenvalue weighted by molar-refractivity contribution is 0.929. The first-order valence-corrected chi connectivity index (χ1v) is 5.03. The van der Waals surface area contributed by atoms with Gasteiger partial charge in [0, 0.05) is 5.88 Å². The van der Waals surface area contributed by atoms with Crippen LogP contribution in [0.3, 0.4) is 0 Å². The SMILES string of the molecule is ClCCCc1cccc(Cl)c1Cl. The molecule has 0 saturated carbocycles. The first-order valence-electron chi connectivity index (χ1n) is 3.74. The van der Waals surface area contributed by atoms with Crippen molar-refractivity contribution < 1.29 is 0 Å². The lowest BCUT2D eigenvalue weighted by atomic mass is 10.1. The quantitative estimate of drug-likeness (QED) is 0.675. The Labute approximate surface area is 87.4 Å². The predicted molar refractivity (Wildman–Crippen MR) is 55.5 cm³/mol. The number of alkyl halides is 1. The first-order chi connectivity index (χ1) is 5.75. The van der Waals surface area contributed by atoms with Crippen molar-refractivity contribution in [2.75, 3.05) is 5.88 Å². The van der Waals surface area contributed by atoms with Crippen LogP contribution in [-0.2, 0) is 6.42 Å². The van der Waals surface area contributed by atoms with E-state index in [1.807, 2.05) is 12.1 Å². The lowest BCUT2D eigenvalue weighted by Crippen LogP contribution is -1.87. The van der Waals surface area contributed by atoms with E-state index in [1.54, 1.807) is 6.07 Å². The minimum Gasteiger partial charge on any atom is -0.127 e. The molecule has 1 rings (SSSR count). The Bertz CT molecular complexity index is 258. The molecule has 0 aliphatic heterocycles. The minimum absolute atomic E-state index is 0.615. The van der Waals surface area contributed by atoms with Gasteiger partial charge in [-0.15, -0.1) is 11.6 Å². The third-order valence-electron chi connectivity index (χ3n) is 1.61. The third kappa shape index (κ3) is 2.55. The van der Waals surface area contributed by atoms with Gasteiger partial charge < -0.3 is 0 Å². The fourth-order valence-corrected chi connectivity index (χ4v) is 1.55. The summed E-state index contributed by atoms with van der Waals surface area (Å²) >= 11 is 17.3. The third-order valence-corrected chi connectivity index (χ3v) is 2.74. The molecule has 0 atom stereocenters. The fourth-order valence-electron chi connectivity index (χ4n) is 0.999. The summed E-state index contributed by atoms with van der Waals surface area (Å²) < 4.78 is 0. The molecule has 0 saturated heterocycles. The molecular formula is C9H9Cl3. The molecule has 0 unspecified atom stereocenters. The summed E-state index contributed by atoms with van der Waals surface area (Å²) in [6.45, 7) is 0. The molecule has 0 nitrogen and oxygen atoms in total. The number of aryl methyl sites for hydroxylation is 1. The van der Waals surface area contributed by atoms with Crippen LogP contribution in [0.5, 0.6) is 0 Å². The van der Waals surface area contributed by atoms with E-state index in [2.05, 4.69) is 0 Å². The highest BCUT2D eigenvalue weighted by atomic mass is 35.5. The lowest BCUT2D eigenvalue weighted by Gasteiger charge is -2.03. The Morgan fingerprint density at radius 2 is 1.92 bits per heavy atom. The standard InChI is InChI=1S/C9H9Cl3/c10-6-2-4-7-3-1-5-8(11)9(7)12/h1,3,5H,2,4,6H2. The topological polar surface area (TPSA) is 0 Å². The average Bonchev–Trinajstić information content (AvgIpc) is 2.08. The molecule has 0 radical (unpaired) electrons. The summed E-state index contributed by atoms with van der Waals surface area (Å²) in [6.07, 6.45) is 1.82. The highest BCUT2D eigenvalue weighted by Gasteiger charge is 2.02. The summed E-state index contributed by atoms with van der Waals surface area (Å²) in [5, 5.41) is 1.27. The smallest absolute Gasteiger partial charge is 0.0624 e. The van der Waals surface area contributed by atoms with Crippen molar-refractivity contribution in [3.8, 4) is 0 Å². The molecule has 0 spiro atoms. The van der Waals surface area contributed by atoms with Crippen molar-refractivity contribution >= 4 is 34.8 Å². The van der Waals surface area contributed by atoms with Gasteiger partial charge in [-0.1, -0.05) is 35.3 Å². The molecule has 0 aromatic heterocycles. The summed E-state index contributed by atoms with van der Waals surface area (Å²) in [4.78, 5) is 0. The van der Waals surface area contributed by atoms with Gasteiger partial charge in [0.2, 0.25) is 0 Å². The normalized spacial score (nSPS) is 10.2. The Balaban J connectivity index is 2.78. The number of hydrogen-bond donors (Lipinski definition) is 0. The van der Waals surface area contributed by atoms with E-state index < -0.39 is 0 Å². The zero-order valence-corrected chi connectivity index (χ0v) is 8.76. The van der Waals surface area contributed by atoms with E-state index >= 15 is 0 Å². The molecule has 1 aromatic rings. The summed E-state index contributed by atoms with van der Waals surface area (Å²) in [5.41, 5.74) is 1.07. The van der Waals surface area contributed by atoms with Crippen molar-refractivity contribution in [2.45, 2.75) is 12.8 Å². The van der Waals surface area contributed by atoms with E-state index in [1.165, 1.54) is 0 Å². The van der Waals surface area contributed by atoms with Gasteiger partial charge in [0.15, 0.2) is 0 Å². The number of halogens is 3. The van der Waals surface area contributed by atoms with E-state index in [4.69, 9.17) is 34.8 Å². The number of rotatable bonds is 3. The largest absolute Gasteiger partial charge is 0.127 e. The number of hydrogen-bond acceptors (Lipinski definition) is 0. The molecular weight excluding hydrogens is 214 g/mol. The molecule has 0 aliphatic rings. The average molecular weight is 224 g/mol. The zero-order valence-electron chi connectivity index (χ0n) is 6.49. The van der Waals surface area contributed by atoms with Crippen LogP contribution in [0.2, 0.25) is 10.0 Å². The van der Waals surface area contributed by atoms with Crippen LogP contribution in [0.4, 0.5) is 0 Å². The van der Waals surface area contributed by atoms with E-state index in [0.717, 1.165) is 18.4 Å². The van der Waals surface area contributed by atoms with Crippen molar-refractivity contribution in [1.29, 1.82) is 0 Å². The van der Waals surface area contributed by atoms with Crippen LogP contribution in [0.1, 0.15) is 12.0 Å². The van der Waals surface area contributed by atoms with E-state index in [0.29, 0.717) is 15.9 Å². The van der Waals surface area contributed by atoms with E-state index in [-0.39, 0.29) is 0 Å². The van der Waals surface area contributed by atoms with Gasteiger partial charge in [-0.05, 0) is 24.5 Å². The summed E-state index contributed by atoms with van der Waals surface area (Å²) in [7, 11) is 0. The van der Waals surface area contributed by atoms with Crippen molar-refractivity contribution in [1.82, 2.24) is 0 Å². The maximum absolute atomic E-state index is 5.95. The number of benzene rings is 1. The van der Waals surface area contributed by atoms with Crippen LogP contribution in [0.25, 0.3) is 0 Å². The molecule has 0 amide bonds. The monoisotopic (exact) mass is 222 g/mol. The minimum atomic E-state index is 0.615. The van der Waals surface area contributed by atoms with Crippen molar-refractivity contribution in [3.05, 3.63) is 33.8 Å². The Kier molecular flexibility index (Phi) is 4.20. The maximum Gasteiger partial charge on any atom is 0.0624 e. The molecule has 1 aromatic carbocycles. The van der Waals surface area contributed by atoms with Gasteiger partial charge in [0.25, 0.3) is 0 Å². The van der Waals surface area contributed by atoms with Gasteiger partial charge in [0.1, 0.15) is 0 Å². The summed E-state index contributed by atoms with van der Waals surface area (Å²) in [5.74, 6) is 0.656. The van der Waals surface area contributed by atoms with Gasteiger partial charge in [-0.2, -0.15) is 0 Å². The predicted octanol–water partition coefficient (Wildman–Crippen LogP) is 4.16. The molecule has 12 heavy (non-hydrogen) atoms. The highest BCUT2D eigenvalue weighted by Crippen LogP contribution is 2.26. The second-order valence-electron chi connectivity index (χ2n) is 2.51. The van der Waals surface area contributed by atoms with Gasteiger partial charge in [0.05, 0.1) is 10.0 Å². The Morgan fingerprint density at radius 1 is 1.17 bits per heavy atom. The summed E-state index contributed by atoms with van der Waals surface area (Å²) in [6, 6.07) is 5.66. The van der Waals surface area contributed by atoms with Gasteiger partial charge >= 0.3 is 0 Å². The highest BCUT2D eigenvalue weighted by molar-refractivity contribution is 6.42. The van der Waals surface area contributed by atoms with Crippen LogP contribution >= 0.6 is 34.8 Å². The maximum atomic E-state index is 5.95. The second-order valence-corrected chi connectivity index (χ2v) is 3.67. The van der Waals surface area contributed by atoms with Crippen LogP contribution in [0.15, 0.2) is 18.2 Å². The second kappa shape index (κ2) is 4.96. The molecule has 0 N–H and O–H groups in total. The van der Waals surface area contributed by atoms with E-state index in [9.17, 15) is 0 Å². The van der Waals surface area contributed by atoms with Crippen LogP contribution < -0.4 is 0 Å². The van der Waals surface area contributed by atoms with Crippen molar-refractivity contribution in [3.63, 3.8) is 0 Å². The van der Waals surface area contributed by atoms with Gasteiger partial charge in [-0.25, -0.2) is 0 Å². The molecule has 3 heteroatoms. The fraction of sp³-hybridized carbons (Fsp3) is 0.333. The molecule has 66 valence electrons. The first kappa shape index (κ1) is 10.2. The molecule has 0 bridgehead atoms. The molecule has 0 aliphatic carbocycles. The molecule has 0 fully saturated rings. The van der Waals surface area contributed by atoms with Crippen molar-refractivity contribution in [2.24, 2.45) is 0 Å².